The van der Waals surface area contributed by atoms with Crippen molar-refractivity contribution < 1.29 is 9.21 Å². The van der Waals surface area contributed by atoms with E-state index in [0.717, 1.165) is 0 Å². The molecule has 3 heterocycles. The van der Waals surface area contributed by atoms with Gasteiger partial charge < -0.3 is 4.42 Å². The minimum Gasteiger partial charge on any atom is -0.459 e. The summed E-state index contributed by atoms with van der Waals surface area (Å²) in [5.41, 5.74) is 0.690. The zero-order chi connectivity index (χ0) is 12.5. The van der Waals surface area contributed by atoms with E-state index in [1.165, 1.54) is 17.8 Å². The number of pyridine rings is 1. The van der Waals surface area contributed by atoms with Crippen LogP contribution < -0.4 is 4.80 Å². The van der Waals surface area contributed by atoms with Gasteiger partial charge in [0.2, 0.25) is 4.80 Å². The number of amides is 1. The Morgan fingerprint density at radius 1 is 1.44 bits per heavy atom. The molecule has 3 aromatic heterocycles. The Morgan fingerprint density at radius 2 is 2.33 bits per heavy atom. The van der Waals surface area contributed by atoms with Crippen LogP contribution in [0.5, 0.6) is 0 Å². The molecule has 0 bridgehead atoms. The topological polar surface area (TPSA) is 59.9 Å². The van der Waals surface area contributed by atoms with Crippen molar-refractivity contribution in [1.82, 2.24) is 8.77 Å². The second-order valence-electron chi connectivity index (χ2n) is 3.41. The summed E-state index contributed by atoms with van der Waals surface area (Å²) in [5, 5.41) is 0.597. The number of rotatable bonds is 1. The molecular weight excluding hydrogens is 274 g/mol. The first kappa shape index (κ1) is 11.2. The van der Waals surface area contributed by atoms with E-state index in [2.05, 4.69) is 9.98 Å². The third-order valence-electron chi connectivity index (χ3n) is 2.18. The zero-order valence-corrected chi connectivity index (χ0v) is 10.5. The fraction of sp³-hybridized carbons (Fsp3) is 0. The normalized spacial score (nSPS) is 12.2. The molecule has 3 rings (SSSR count). The van der Waals surface area contributed by atoms with E-state index in [0.29, 0.717) is 15.5 Å². The first-order valence-corrected chi connectivity index (χ1v) is 6.15. The second-order valence-corrected chi connectivity index (χ2v) is 4.79. The van der Waals surface area contributed by atoms with Gasteiger partial charge in [-0.05, 0) is 35.8 Å². The number of nitrogens with zero attached hydrogens (tertiary/aromatic N) is 3. The van der Waals surface area contributed by atoms with Crippen LogP contribution in [0, 0.1) is 0 Å². The fourth-order valence-electron chi connectivity index (χ4n) is 1.40. The molecule has 0 saturated carbocycles. The lowest BCUT2D eigenvalue weighted by Crippen LogP contribution is -2.03. The highest BCUT2D eigenvalue weighted by Gasteiger charge is 2.07. The summed E-state index contributed by atoms with van der Waals surface area (Å²) in [6.45, 7) is 0. The Balaban J connectivity index is 2.06. The molecule has 0 aliphatic heterocycles. The number of furan rings is 1. The molecule has 0 atom stereocenters. The van der Waals surface area contributed by atoms with Crippen molar-refractivity contribution in [2.24, 2.45) is 4.99 Å². The molecule has 0 aliphatic rings. The number of fused-ring (bicyclic) bond motifs is 1. The summed E-state index contributed by atoms with van der Waals surface area (Å²) in [6.07, 6.45) is 3.14. The van der Waals surface area contributed by atoms with E-state index in [-0.39, 0.29) is 5.76 Å². The smallest absolute Gasteiger partial charge is 0.315 e. The van der Waals surface area contributed by atoms with Gasteiger partial charge in [-0.3, -0.25) is 8.58 Å². The minimum atomic E-state index is -0.453. The summed E-state index contributed by atoms with van der Waals surface area (Å²) in [4.78, 5) is 20.1. The van der Waals surface area contributed by atoms with Crippen molar-refractivity contribution in [3.8, 4) is 0 Å². The van der Waals surface area contributed by atoms with E-state index in [1.54, 1.807) is 34.3 Å². The van der Waals surface area contributed by atoms with E-state index >= 15 is 0 Å². The van der Waals surface area contributed by atoms with Gasteiger partial charge >= 0.3 is 5.91 Å². The van der Waals surface area contributed by atoms with Gasteiger partial charge in [0.25, 0.3) is 0 Å². The van der Waals surface area contributed by atoms with Crippen LogP contribution in [0.25, 0.3) is 5.65 Å². The SMILES string of the molecule is O=C(N=c1nc2ccc(Cl)cn2s1)c1ccco1. The maximum Gasteiger partial charge on any atom is 0.315 e. The Kier molecular flexibility index (Phi) is 2.73. The summed E-state index contributed by atoms with van der Waals surface area (Å²) in [5.74, 6) is -0.261. The average Bonchev–Trinajstić information content (AvgIpc) is 2.95. The van der Waals surface area contributed by atoms with Crippen molar-refractivity contribution >= 4 is 34.7 Å². The van der Waals surface area contributed by atoms with Gasteiger partial charge in [-0.25, -0.2) is 0 Å². The van der Waals surface area contributed by atoms with Gasteiger partial charge in [0.05, 0.1) is 11.3 Å². The lowest BCUT2D eigenvalue weighted by Gasteiger charge is -1.89. The van der Waals surface area contributed by atoms with Crippen molar-refractivity contribution in [2.75, 3.05) is 0 Å². The standard InChI is InChI=1S/C11H6ClN3O2S/c12-7-3-4-9-13-11(18-15(9)6-7)14-10(16)8-2-1-5-17-8/h1-6H. The number of carbonyl (C=O) groups is 1. The molecule has 0 N–H and O–H groups in total. The molecule has 0 radical (unpaired) electrons. The molecule has 5 nitrogen and oxygen atoms in total. The Hall–Kier alpha value is -1.92. The van der Waals surface area contributed by atoms with E-state index < -0.39 is 5.91 Å². The van der Waals surface area contributed by atoms with Gasteiger partial charge in [0.15, 0.2) is 5.76 Å². The lowest BCUT2D eigenvalue weighted by molar-refractivity contribution is 0.0972. The minimum absolute atomic E-state index is 0.192. The zero-order valence-electron chi connectivity index (χ0n) is 8.91. The van der Waals surface area contributed by atoms with Gasteiger partial charge in [-0.1, -0.05) is 11.6 Å². The number of aromatic nitrogens is 2. The summed E-state index contributed by atoms with van der Waals surface area (Å²) >= 11 is 7.09. The van der Waals surface area contributed by atoms with Crippen LogP contribution in [0.4, 0.5) is 0 Å². The van der Waals surface area contributed by atoms with E-state index in [9.17, 15) is 4.79 Å². The molecule has 0 spiro atoms. The monoisotopic (exact) mass is 279 g/mol. The predicted octanol–water partition coefficient (Wildman–Crippen LogP) is 2.38. The highest BCUT2D eigenvalue weighted by Crippen LogP contribution is 2.10. The van der Waals surface area contributed by atoms with Crippen LogP contribution in [0.1, 0.15) is 10.6 Å². The van der Waals surface area contributed by atoms with Crippen LogP contribution in [-0.4, -0.2) is 14.7 Å². The molecule has 3 aromatic rings. The van der Waals surface area contributed by atoms with Crippen molar-refractivity contribution in [2.45, 2.75) is 0 Å². The molecule has 90 valence electrons. The average molecular weight is 280 g/mol. The highest BCUT2D eigenvalue weighted by atomic mass is 35.5. The number of carbonyl (C=O) groups excluding carboxylic acids is 1. The van der Waals surface area contributed by atoms with E-state index in [4.69, 9.17) is 16.0 Å². The molecule has 0 unspecified atom stereocenters. The van der Waals surface area contributed by atoms with Crippen molar-refractivity contribution in [3.05, 3.63) is 52.3 Å². The lowest BCUT2D eigenvalue weighted by atomic mass is 10.4. The van der Waals surface area contributed by atoms with E-state index in [1.807, 2.05) is 0 Å². The predicted molar refractivity (Wildman–Crippen MR) is 66.7 cm³/mol. The third kappa shape index (κ3) is 2.07. The highest BCUT2D eigenvalue weighted by molar-refractivity contribution is 7.03. The molecule has 0 fully saturated rings. The third-order valence-corrected chi connectivity index (χ3v) is 3.24. The van der Waals surface area contributed by atoms with Crippen LogP contribution >= 0.6 is 23.1 Å². The van der Waals surface area contributed by atoms with Gasteiger partial charge in [-0.2, -0.15) is 9.98 Å². The van der Waals surface area contributed by atoms with Crippen LogP contribution in [0.3, 0.4) is 0 Å². The first-order chi connectivity index (χ1) is 8.72. The van der Waals surface area contributed by atoms with Crippen LogP contribution in [0.15, 0.2) is 46.1 Å². The fourth-order valence-corrected chi connectivity index (χ4v) is 2.42. The number of hydrogen-bond donors (Lipinski definition) is 0. The van der Waals surface area contributed by atoms with Gasteiger partial charge in [-0.15, -0.1) is 0 Å². The van der Waals surface area contributed by atoms with Gasteiger partial charge in [0, 0.05) is 6.20 Å². The van der Waals surface area contributed by atoms with Gasteiger partial charge in [0.1, 0.15) is 5.65 Å². The summed E-state index contributed by atoms with van der Waals surface area (Å²) in [7, 11) is 0. The molecule has 18 heavy (non-hydrogen) atoms. The van der Waals surface area contributed by atoms with Crippen molar-refractivity contribution in [1.29, 1.82) is 0 Å². The largest absolute Gasteiger partial charge is 0.459 e. The second kappa shape index (κ2) is 4.40. The molecule has 1 amide bonds. The number of hydrogen-bond acceptors (Lipinski definition) is 4. The van der Waals surface area contributed by atoms with Crippen molar-refractivity contribution in [3.63, 3.8) is 0 Å². The van der Waals surface area contributed by atoms with Crippen LogP contribution in [-0.2, 0) is 0 Å². The quantitative estimate of drug-likeness (QED) is 0.687. The Labute approximate surface area is 110 Å². The summed E-state index contributed by atoms with van der Waals surface area (Å²) < 4.78 is 6.71. The van der Waals surface area contributed by atoms with Crippen LogP contribution in [0.2, 0.25) is 5.02 Å². The molecule has 7 heteroatoms. The molecule has 0 aromatic carbocycles. The molecular formula is C11H6ClN3O2S. The molecule has 0 saturated heterocycles. The summed E-state index contributed by atoms with van der Waals surface area (Å²) in [6, 6.07) is 6.68. The maximum absolute atomic E-state index is 11.7. The molecule has 0 aliphatic carbocycles. The first-order valence-electron chi connectivity index (χ1n) is 5.00. The number of halogens is 1. The Bertz CT molecular complexity index is 773. The Morgan fingerprint density at radius 3 is 3.11 bits per heavy atom. The maximum atomic E-state index is 11.7.